The van der Waals surface area contributed by atoms with Gasteiger partial charge in [-0.25, -0.2) is 0 Å². The van der Waals surface area contributed by atoms with Gasteiger partial charge in [0, 0.05) is 41.5 Å². The van der Waals surface area contributed by atoms with E-state index in [2.05, 4.69) is 130 Å². The van der Waals surface area contributed by atoms with E-state index < -0.39 is 14.9 Å². The monoisotopic (exact) mass is 955 g/mol. The van der Waals surface area contributed by atoms with Crippen LogP contribution in [0.25, 0.3) is 72.4 Å². The number of rotatable bonds is 7. The summed E-state index contributed by atoms with van der Waals surface area (Å²) in [5.74, 6) is 1.43. The van der Waals surface area contributed by atoms with Gasteiger partial charge in [-0.05, 0) is 70.0 Å². The van der Waals surface area contributed by atoms with Crippen LogP contribution in [0.1, 0.15) is 60.3 Å². The molecule has 0 aliphatic carbocycles. The van der Waals surface area contributed by atoms with Gasteiger partial charge in [0.25, 0.3) is 0 Å². The smallest absolute Gasteiger partial charge is 0.121 e. The Morgan fingerprint density at radius 2 is 1.43 bits per heavy atom. The van der Waals surface area contributed by atoms with Gasteiger partial charge in [-0.2, -0.15) is 0 Å². The van der Waals surface area contributed by atoms with Crippen LogP contribution < -0.4 is 5.19 Å². The summed E-state index contributed by atoms with van der Waals surface area (Å²) in [5.41, 5.74) is 12.3. The van der Waals surface area contributed by atoms with Crippen molar-refractivity contribution in [2.75, 3.05) is 0 Å². The molecule has 0 unspecified atom stereocenters. The van der Waals surface area contributed by atoms with Crippen LogP contribution in [-0.2, 0) is 20.1 Å². The van der Waals surface area contributed by atoms with Crippen LogP contribution >= 0.6 is 0 Å². The predicted octanol–water partition coefficient (Wildman–Crippen LogP) is 13.7. The zero-order chi connectivity index (χ0) is 42.3. The van der Waals surface area contributed by atoms with E-state index in [9.17, 15) is 0 Å². The molecule has 293 valence electrons. The van der Waals surface area contributed by atoms with E-state index in [1.54, 1.807) is 12.1 Å². The molecule has 3 heterocycles. The van der Waals surface area contributed by atoms with Gasteiger partial charge in [-0.3, -0.25) is 4.98 Å². The maximum atomic E-state index is 7.69. The topological polar surface area (TPSA) is 43.9 Å². The molecule has 58 heavy (non-hydrogen) atoms. The van der Waals surface area contributed by atoms with E-state index in [0.717, 1.165) is 66.7 Å². The van der Waals surface area contributed by atoms with Crippen LogP contribution in [0.2, 0.25) is 19.6 Å². The van der Waals surface area contributed by atoms with E-state index in [4.69, 9.17) is 13.5 Å². The normalized spacial score (nSPS) is 12.6. The van der Waals surface area contributed by atoms with Gasteiger partial charge in [-0.15, -0.1) is 54.1 Å². The summed E-state index contributed by atoms with van der Waals surface area (Å²) in [7, 11) is -1.23. The van der Waals surface area contributed by atoms with Crippen LogP contribution in [0.15, 0.2) is 144 Å². The van der Waals surface area contributed by atoms with Gasteiger partial charge in [0.15, 0.2) is 0 Å². The van der Waals surface area contributed by atoms with Crippen LogP contribution in [0.4, 0.5) is 0 Å². The molecule has 6 heteroatoms. The van der Waals surface area contributed by atoms with Gasteiger partial charge < -0.3 is 14.0 Å². The zero-order valence-corrected chi connectivity index (χ0v) is 37.4. The summed E-state index contributed by atoms with van der Waals surface area (Å²) < 4.78 is 32.0. The summed E-state index contributed by atoms with van der Waals surface area (Å²) in [6.45, 7) is 13.8. The standard InChI is InChI=1S/C38H33N2O.C14H16NSi.Ir/c1-23(2)28-10-8-11-29(24(3)4)36(28)40-34-15-7-6-14-33(34)39-38(40)32-13-9-12-31-30-21-20-27(22-35(30)41-37(31)32)26-18-16-25(5)17-19-26;1-16(2,3)13-9-10-14(15-11-13)12-7-5-4-6-8-12;/h6-12,14-24H,1-5H3;4-7,9-11H,1-3H3;/q2*-1;/i5D3;;. The summed E-state index contributed by atoms with van der Waals surface area (Å²) in [6.07, 6.45) is 2.02. The maximum absolute atomic E-state index is 7.69. The number of hydrogen-bond donors (Lipinski definition) is 0. The Kier molecular flexibility index (Phi) is 10.7. The Morgan fingerprint density at radius 1 is 0.707 bits per heavy atom. The van der Waals surface area contributed by atoms with Crippen molar-refractivity contribution in [2.24, 2.45) is 0 Å². The van der Waals surface area contributed by atoms with Gasteiger partial charge >= 0.3 is 0 Å². The second kappa shape index (κ2) is 16.8. The SMILES string of the molecule is C[Si](C)(C)c1ccc(-c2[c-]cccc2)nc1.[2H]C([2H])([2H])c1ccc(-c2ccc3c(c2)oc2c(-c4nc5ccccc5n4-c4c(C(C)C)cccc4C(C)C)[c-]ccc23)cc1.[Ir]. The third-order valence-corrected chi connectivity index (χ3v) is 12.6. The molecule has 0 amide bonds. The molecule has 3 aromatic heterocycles. The number of aromatic nitrogens is 3. The Balaban J connectivity index is 0.000000278. The van der Waals surface area contributed by atoms with Gasteiger partial charge in [0.05, 0.1) is 30.5 Å². The molecule has 0 fully saturated rings. The second-order valence-electron chi connectivity index (χ2n) is 16.3. The number of hydrogen-bond acceptors (Lipinski definition) is 3. The van der Waals surface area contributed by atoms with Crippen LogP contribution in [0, 0.1) is 19.0 Å². The molecule has 0 aliphatic heterocycles. The fraction of sp³-hybridized carbons (Fsp3) is 0.192. The molecule has 0 bridgehead atoms. The number of fused-ring (bicyclic) bond motifs is 4. The van der Waals surface area contributed by atoms with E-state index in [0.29, 0.717) is 17.4 Å². The average molecular weight is 955 g/mol. The molecule has 4 nitrogen and oxygen atoms in total. The number of furan rings is 1. The predicted molar refractivity (Wildman–Crippen MR) is 242 cm³/mol. The van der Waals surface area contributed by atoms with Gasteiger partial charge in [0.2, 0.25) is 0 Å². The van der Waals surface area contributed by atoms with Crippen molar-refractivity contribution in [3.8, 4) is 39.5 Å². The molecule has 0 atom stereocenters. The quantitative estimate of drug-likeness (QED) is 0.118. The summed E-state index contributed by atoms with van der Waals surface area (Å²) in [5, 5.41) is 3.40. The number of imidazole rings is 1. The Morgan fingerprint density at radius 3 is 2.09 bits per heavy atom. The minimum Gasteiger partial charge on any atom is -0.501 e. The maximum Gasteiger partial charge on any atom is 0.121 e. The minimum absolute atomic E-state index is 0. The summed E-state index contributed by atoms with van der Waals surface area (Å²) in [6, 6.07) is 51.0. The van der Waals surface area contributed by atoms with E-state index >= 15 is 0 Å². The van der Waals surface area contributed by atoms with Crippen molar-refractivity contribution >= 4 is 46.2 Å². The number of pyridine rings is 1. The van der Waals surface area contributed by atoms with Crippen molar-refractivity contribution in [3.63, 3.8) is 0 Å². The number of aryl methyl sites for hydroxylation is 1. The molecule has 0 spiro atoms. The first-order chi connectivity index (χ1) is 28.7. The van der Waals surface area contributed by atoms with E-state index in [-0.39, 0.29) is 20.1 Å². The summed E-state index contributed by atoms with van der Waals surface area (Å²) in [4.78, 5) is 9.72. The molecule has 9 rings (SSSR count). The third-order valence-electron chi connectivity index (χ3n) is 10.6. The van der Waals surface area contributed by atoms with Crippen molar-refractivity contribution in [1.82, 2.24) is 14.5 Å². The molecule has 9 aromatic rings. The van der Waals surface area contributed by atoms with Crippen molar-refractivity contribution in [3.05, 3.63) is 168 Å². The van der Waals surface area contributed by atoms with E-state index in [1.165, 1.54) is 22.0 Å². The molecular weight excluding hydrogens is 903 g/mol. The fourth-order valence-corrected chi connectivity index (χ4v) is 8.52. The molecule has 0 saturated heterocycles. The Hall–Kier alpha value is -5.39. The van der Waals surface area contributed by atoms with E-state index in [1.807, 2.05) is 66.9 Å². The first-order valence-corrected chi connectivity index (χ1v) is 23.2. The van der Waals surface area contributed by atoms with Crippen molar-refractivity contribution in [2.45, 2.75) is 66.0 Å². The third kappa shape index (κ3) is 8.02. The van der Waals surface area contributed by atoms with Crippen LogP contribution in [-0.4, -0.2) is 22.6 Å². The molecule has 0 aliphatic rings. The average Bonchev–Trinajstić information content (AvgIpc) is 3.82. The van der Waals surface area contributed by atoms with Crippen LogP contribution in [0.5, 0.6) is 0 Å². The largest absolute Gasteiger partial charge is 0.501 e. The molecule has 1 radical (unpaired) electrons. The first kappa shape index (κ1) is 36.9. The van der Waals surface area contributed by atoms with Crippen molar-refractivity contribution < 1.29 is 28.6 Å². The zero-order valence-electron chi connectivity index (χ0n) is 37.0. The molecule has 0 N–H and O–H groups in total. The number of benzene rings is 6. The molecule has 6 aromatic carbocycles. The van der Waals surface area contributed by atoms with Crippen molar-refractivity contribution in [1.29, 1.82) is 0 Å². The fourth-order valence-electron chi connectivity index (χ4n) is 7.49. The first-order valence-electron chi connectivity index (χ1n) is 21.2. The minimum atomic E-state index is -2.13. The molecule has 0 saturated carbocycles. The Labute approximate surface area is 361 Å². The van der Waals surface area contributed by atoms with Crippen LogP contribution in [0.3, 0.4) is 0 Å². The Bertz CT molecular complexity index is 2920. The molecular formula is C52H49IrN3OSi-2. The summed E-state index contributed by atoms with van der Waals surface area (Å²) >= 11 is 0. The second-order valence-corrected chi connectivity index (χ2v) is 21.4. The number of para-hydroxylation sites is 3. The van der Waals surface area contributed by atoms with Gasteiger partial charge in [0.1, 0.15) is 5.58 Å². The van der Waals surface area contributed by atoms with Gasteiger partial charge in [-0.1, -0.05) is 143 Å². The number of nitrogens with zero attached hydrogens (tertiary/aromatic N) is 3.